The van der Waals surface area contributed by atoms with Gasteiger partial charge in [-0.1, -0.05) is 13.8 Å². The highest BCUT2D eigenvalue weighted by Gasteiger charge is 2.29. The largest absolute Gasteiger partial charge is 0.477 e. The molecule has 0 bridgehead atoms. The Hall–Kier alpha value is -2.96. The van der Waals surface area contributed by atoms with Crippen LogP contribution >= 0.6 is 0 Å². The molecule has 3 aromatic rings. The first kappa shape index (κ1) is 18.4. The Morgan fingerprint density at radius 3 is 2.75 bits per heavy atom. The Bertz CT molecular complexity index is 1180. The van der Waals surface area contributed by atoms with Gasteiger partial charge in [0, 0.05) is 31.7 Å². The summed E-state index contributed by atoms with van der Waals surface area (Å²) in [7, 11) is 1.67. The van der Waals surface area contributed by atoms with Crippen LogP contribution in [0.3, 0.4) is 0 Å². The molecule has 0 amide bonds. The Morgan fingerprint density at radius 1 is 1.32 bits per heavy atom. The zero-order valence-electron chi connectivity index (χ0n) is 16.1. The number of aromatic carboxylic acids is 1. The minimum atomic E-state index is -1.28. The van der Waals surface area contributed by atoms with Crippen LogP contribution in [0.2, 0.25) is 0 Å². The van der Waals surface area contributed by atoms with Gasteiger partial charge in [0.05, 0.1) is 28.3 Å². The van der Waals surface area contributed by atoms with Crippen LogP contribution in [-0.2, 0) is 7.05 Å². The third kappa shape index (κ3) is 2.82. The van der Waals surface area contributed by atoms with Crippen molar-refractivity contribution < 1.29 is 14.3 Å². The highest BCUT2D eigenvalue weighted by atomic mass is 19.1. The Labute approximate surface area is 161 Å². The van der Waals surface area contributed by atoms with E-state index in [1.54, 1.807) is 11.6 Å². The van der Waals surface area contributed by atoms with E-state index in [2.05, 4.69) is 18.8 Å². The Kier molecular flexibility index (Phi) is 4.14. The smallest absolute Gasteiger partial charge is 0.341 e. The molecule has 1 aromatic carbocycles. The lowest BCUT2D eigenvalue weighted by atomic mass is 9.84. The second-order valence-electron chi connectivity index (χ2n) is 8.29. The molecule has 1 fully saturated rings. The maximum atomic E-state index is 14.9. The number of carboxylic acid groups (broad SMARTS) is 1. The van der Waals surface area contributed by atoms with Gasteiger partial charge in [-0.3, -0.25) is 9.78 Å². The van der Waals surface area contributed by atoms with Crippen LogP contribution in [-0.4, -0.2) is 33.7 Å². The van der Waals surface area contributed by atoms with Gasteiger partial charge in [-0.15, -0.1) is 0 Å². The molecule has 1 N–H and O–H groups in total. The number of aromatic nitrogens is 2. The molecule has 2 aromatic heterocycles. The van der Waals surface area contributed by atoms with Crippen molar-refractivity contribution in [3.8, 4) is 0 Å². The fourth-order valence-electron chi connectivity index (χ4n) is 4.25. The van der Waals surface area contributed by atoms with Crippen LogP contribution in [0.25, 0.3) is 21.8 Å². The average Bonchev–Trinajstić information content (AvgIpc) is 2.62. The number of pyridine rings is 2. The van der Waals surface area contributed by atoms with E-state index in [-0.39, 0.29) is 22.2 Å². The molecule has 3 heterocycles. The summed E-state index contributed by atoms with van der Waals surface area (Å²) < 4.78 is 16.5. The molecule has 1 aliphatic rings. The number of carbonyl (C=O) groups is 1. The first-order chi connectivity index (χ1) is 13.2. The van der Waals surface area contributed by atoms with Gasteiger partial charge in [-0.25, -0.2) is 9.18 Å². The summed E-state index contributed by atoms with van der Waals surface area (Å²) in [5.74, 6) is -1.67. The SMILES string of the molecule is Cn1cc(C(=O)O)c(=O)c2c3ccc(F)c(N4CCCC(C)(C)C4)c3ncc21. The Balaban J connectivity index is 2.06. The van der Waals surface area contributed by atoms with Crippen LogP contribution in [0.4, 0.5) is 10.1 Å². The van der Waals surface area contributed by atoms with Crippen LogP contribution < -0.4 is 10.3 Å². The molecule has 0 atom stereocenters. The molecule has 0 unspecified atom stereocenters. The lowest BCUT2D eigenvalue weighted by Gasteiger charge is -2.39. The number of piperidine rings is 1. The van der Waals surface area contributed by atoms with E-state index < -0.39 is 11.4 Å². The first-order valence-electron chi connectivity index (χ1n) is 9.28. The van der Waals surface area contributed by atoms with E-state index in [4.69, 9.17) is 0 Å². The molecule has 1 saturated heterocycles. The quantitative estimate of drug-likeness (QED) is 0.685. The van der Waals surface area contributed by atoms with Crippen molar-refractivity contribution in [1.82, 2.24) is 9.55 Å². The van der Waals surface area contributed by atoms with E-state index in [1.807, 2.05) is 4.90 Å². The zero-order chi connectivity index (χ0) is 20.2. The molecule has 0 saturated carbocycles. The number of hydrogen-bond donors (Lipinski definition) is 1. The number of carboxylic acids is 1. The topological polar surface area (TPSA) is 75.4 Å². The molecule has 0 spiro atoms. The average molecular weight is 383 g/mol. The number of hydrogen-bond acceptors (Lipinski definition) is 4. The van der Waals surface area contributed by atoms with E-state index in [0.29, 0.717) is 35.2 Å². The minimum absolute atomic E-state index is 0.0519. The molecule has 4 rings (SSSR count). The van der Waals surface area contributed by atoms with Crippen molar-refractivity contribution in [3.05, 3.63) is 46.1 Å². The van der Waals surface area contributed by atoms with Gasteiger partial charge >= 0.3 is 5.97 Å². The third-order valence-electron chi connectivity index (χ3n) is 5.56. The minimum Gasteiger partial charge on any atom is -0.477 e. The van der Waals surface area contributed by atoms with Crippen LogP contribution in [0.1, 0.15) is 37.0 Å². The van der Waals surface area contributed by atoms with Gasteiger partial charge < -0.3 is 14.6 Å². The van der Waals surface area contributed by atoms with Crippen LogP contribution in [0, 0.1) is 11.2 Å². The maximum Gasteiger partial charge on any atom is 0.341 e. The summed E-state index contributed by atoms with van der Waals surface area (Å²) in [6, 6.07) is 2.86. The molecule has 0 aliphatic carbocycles. The van der Waals surface area contributed by atoms with Gasteiger partial charge in [0.25, 0.3) is 0 Å². The van der Waals surface area contributed by atoms with Gasteiger partial charge in [0.2, 0.25) is 5.43 Å². The lowest BCUT2D eigenvalue weighted by molar-refractivity contribution is 0.0695. The number of benzene rings is 1. The van der Waals surface area contributed by atoms with Gasteiger partial charge in [0.1, 0.15) is 11.4 Å². The summed E-state index contributed by atoms with van der Waals surface area (Å²) in [5, 5.41) is 10.1. The molecule has 6 nitrogen and oxygen atoms in total. The zero-order valence-corrected chi connectivity index (χ0v) is 16.1. The summed E-state index contributed by atoms with van der Waals surface area (Å²) >= 11 is 0. The second-order valence-corrected chi connectivity index (χ2v) is 8.29. The highest BCUT2D eigenvalue weighted by Crippen LogP contribution is 2.37. The number of aryl methyl sites for hydroxylation is 1. The van der Waals surface area contributed by atoms with Gasteiger partial charge in [0.15, 0.2) is 0 Å². The summed E-state index contributed by atoms with van der Waals surface area (Å²) in [6.45, 7) is 5.71. The fraction of sp³-hybridized carbons (Fsp3) is 0.381. The Morgan fingerprint density at radius 2 is 2.07 bits per heavy atom. The number of nitrogens with zero attached hydrogens (tertiary/aromatic N) is 3. The normalized spacial score (nSPS) is 16.6. The number of rotatable bonds is 2. The summed E-state index contributed by atoms with van der Waals surface area (Å²) in [6.07, 6.45) is 4.82. The number of halogens is 1. The predicted molar refractivity (Wildman–Crippen MR) is 107 cm³/mol. The standard InChI is InChI=1S/C21H22FN3O3/c1-21(2)7-4-8-25(11-21)18-14(22)6-5-12-16-15(9-23-17(12)18)24(3)10-13(19(16)26)20(27)28/h5-6,9-10H,4,7-8,11H2,1-3H3,(H,27,28). The van der Waals surface area contributed by atoms with Crippen LogP contribution in [0.5, 0.6) is 0 Å². The van der Waals surface area contributed by atoms with E-state index in [9.17, 15) is 19.1 Å². The molecular weight excluding hydrogens is 361 g/mol. The van der Waals surface area contributed by atoms with Crippen molar-refractivity contribution in [2.24, 2.45) is 12.5 Å². The summed E-state index contributed by atoms with van der Waals surface area (Å²) in [5.41, 5.74) is 0.451. The molecule has 7 heteroatoms. The molecule has 1 aliphatic heterocycles. The monoisotopic (exact) mass is 383 g/mol. The van der Waals surface area contributed by atoms with Crippen molar-refractivity contribution in [1.29, 1.82) is 0 Å². The van der Waals surface area contributed by atoms with Crippen LogP contribution in [0.15, 0.2) is 29.3 Å². The fourth-order valence-corrected chi connectivity index (χ4v) is 4.25. The predicted octanol–water partition coefficient (Wildman–Crippen LogP) is 3.55. The van der Waals surface area contributed by atoms with E-state index >= 15 is 0 Å². The van der Waals surface area contributed by atoms with Gasteiger partial charge in [-0.2, -0.15) is 0 Å². The van der Waals surface area contributed by atoms with Crippen molar-refractivity contribution >= 4 is 33.5 Å². The van der Waals surface area contributed by atoms with Gasteiger partial charge in [-0.05, 0) is 30.4 Å². The van der Waals surface area contributed by atoms with E-state index in [0.717, 1.165) is 12.8 Å². The van der Waals surface area contributed by atoms with E-state index in [1.165, 1.54) is 24.5 Å². The number of fused-ring (bicyclic) bond motifs is 3. The highest BCUT2D eigenvalue weighted by molar-refractivity contribution is 6.09. The second kappa shape index (κ2) is 6.29. The molecule has 28 heavy (non-hydrogen) atoms. The van der Waals surface area contributed by atoms with Crippen molar-refractivity contribution in [3.63, 3.8) is 0 Å². The summed E-state index contributed by atoms with van der Waals surface area (Å²) in [4.78, 5) is 30.9. The number of anilines is 1. The molecular formula is C21H22FN3O3. The maximum absolute atomic E-state index is 14.9. The molecule has 146 valence electrons. The first-order valence-corrected chi connectivity index (χ1v) is 9.28. The van der Waals surface area contributed by atoms with Crippen molar-refractivity contribution in [2.75, 3.05) is 18.0 Å². The molecule has 0 radical (unpaired) electrons. The van der Waals surface area contributed by atoms with Crippen molar-refractivity contribution in [2.45, 2.75) is 26.7 Å². The third-order valence-corrected chi connectivity index (χ3v) is 5.56. The lowest BCUT2D eigenvalue weighted by Crippen LogP contribution is -2.40.